The van der Waals surface area contributed by atoms with E-state index in [0.717, 1.165) is 5.69 Å². The molecule has 0 radical (unpaired) electrons. The van der Waals surface area contributed by atoms with Crippen molar-refractivity contribution in [3.8, 4) is 6.07 Å². The van der Waals surface area contributed by atoms with Gasteiger partial charge in [-0.1, -0.05) is 29.2 Å². The lowest BCUT2D eigenvalue weighted by Crippen LogP contribution is -1.91. The molecular formula is C17H13N5O2S2. The third kappa shape index (κ3) is 3.99. The van der Waals surface area contributed by atoms with Gasteiger partial charge in [0.15, 0.2) is 4.34 Å². The Morgan fingerprint density at radius 1 is 1.19 bits per heavy atom. The van der Waals surface area contributed by atoms with Gasteiger partial charge >= 0.3 is 0 Å². The number of benzene rings is 2. The van der Waals surface area contributed by atoms with Crippen LogP contribution < -0.4 is 5.32 Å². The highest BCUT2D eigenvalue weighted by Gasteiger charge is 2.14. The second kappa shape index (κ2) is 7.51. The van der Waals surface area contributed by atoms with E-state index < -0.39 is 4.92 Å². The summed E-state index contributed by atoms with van der Waals surface area (Å²) in [7, 11) is 0. The molecule has 130 valence electrons. The maximum atomic E-state index is 10.8. The van der Waals surface area contributed by atoms with E-state index in [4.69, 9.17) is 0 Å². The van der Waals surface area contributed by atoms with Crippen molar-refractivity contribution in [2.45, 2.75) is 23.1 Å². The number of nitro benzene ring substituents is 1. The number of aryl methyl sites for hydroxylation is 2. The van der Waals surface area contributed by atoms with E-state index in [0.29, 0.717) is 14.4 Å². The second-order valence-electron chi connectivity index (χ2n) is 5.45. The Hall–Kier alpha value is -2.96. The van der Waals surface area contributed by atoms with Crippen molar-refractivity contribution in [2.24, 2.45) is 0 Å². The third-order valence-corrected chi connectivity index (χ3v) is 5.62. The van der Waals surface area contributed by atoms with Gasteiger partial charge in [-0.15, -0.1) is 10.2 Å². The minimum atomic E-state index is -0.522. The van der Waals surface area contributed by atoms with Crippen LogP contribution in [0, 0.1) is 35.3 Å². The minimum absolute atomic E-state index is 0.111. The molecule has 7 nitrogen and oxygen atoms in total. The quantitative estimate of drug-likeness (QED) is 0.497. The first-order valence-electron chi connectivity index (χ1n) is 7.50. The average Bonchev–Trinajstić information content (AvgIpc) is 3.05. The number of hydrogen-bond donors (Lipinski definition) is 1. The van der Waals surface area contributed by atoms with Crippen molar-refractivity contribution in [2.75, 3.05) is 5.32 Å². The van der Waals surface area contributed by atoms with Crippen LogP contribution in [0.5, 0.6) is 0 Å². The summed E-state index contributed by atoms with van der Waals surface area (Å²) in [6.45, 7) is 4.09. The zero-order valence-corrected chi connectivity index (χ0v) is 15.5. The van der Waals surface area contributed by atoms with Crippen LogP contribution in [0.25, 0.3) is 0 Å². The Bertz CT molecular complexity index is 1030. The molecule has 3 rings (SSSR count). The molecule has 0 fully saturated rings. The summed E-state index contributed by atoms with van der Waals surface area (Å²) >= 11 is 2.60. The highest BCUT2D eigenvalue weighted by atomic mass is 32.2. The fourth-order valence-electron chi connectivity index (χ4n) is 2.15. The summed E-state index contributed by atoms with van der Waals surface area (Å²) < 4.78 is 0.640. The number of aromatic nitrogens is 2. The molecule has 9 heteroatoms. The summed E-state index contributed by atoms with van der Waals surface area (Å²) in [4.78, 5) is 10.9. The number of nitriles is 1. The minimum Gasteiger partial charge on any atom is -0.330 e. The van der Waals surface area contributed by atoms with Gasteiger partial charge in [-0.3, -0.25) is 10.1 Å². The van der Waals surface area contributed by atoms with Gasteiger partial charge in [-0.25, -0.2) is 0 Å². The van der Waals surface area contributed by atoms with Gasteiger partial charge < -0.3 is 5.32 Å². The normalized spacial score (nSPS) is 10.3. The maximum Gasteiger partial charge on any atom is 0.270 e. The highest BCUT2D eigenvalue weighted by molar-refractivity contribution is 8.01. The lowest BCUT2D eigenvalue weighted by molar-refractivity contribution is -0.384. The van der Waals surface area contributed by atoms with E-state index >= 15 is 0 Å². The number of nitrogens with zero attached hydrogens (tertiary/aromatic N) is 4. The maximum absolute atomic E-state index is 10.8. The van der Waals surface area contributed by atoms with E-state index in [1.165, 1.54) is 46.4 Å². The molecule has 26 heavy (non-hydrogen) atoms. The van der Waals surface area contributed by atoms with Crippen LogP contribution in [0.2, 0.25) is 0 Å². The molecule has 1 aromatic heterocycles. The lowest BCUT2D eigenvalue weighted by atomic mass is 10.1. The van der Waals surface area contributed by atoms with Gasteiger partial charge in [-0.05, 0) is 43.2 Å². The Kier molecular flexibility index (Phi) is 5.16. The number of nitro groups is 1. The molecule has 0 aliphatic rings. The first-order valence-corrected chi connectivity index (χ1v) is 9.14. The summed E-state index contributed by atoms with van der Waals surface area (Å²) in [5.41, 5.74) is 3.45. The van der Waals surface area contributed by atoms with Gasteiger partial charge in [0.05, 0.1) is 10.5 Å². The Morgan fingerprint density at radius 3 is 2.69 bits per heavy atom. The van der Waals surface area contributed by atoms with Crippen LogP contribution in [0.3, 0.4) is 0 Å². The Morgan fingerprint density at radius 2 is 2.00 bits per heavy atom. The van der Waals surface area contributed by atoms with Crippen LogP contribution in [-0.2, 0) is 0 Å². The third-order valence-electron chi connectivity index (χ3n) is 3.66. The average molecular weight is 383 g/mol. The molecule has 0 amide bonds. The molecule has 1 heterocycles. The molecule has 3 aromatic rings. The second-order valence-corrected chi connectivity index (χ2v) is 7.72. The van der Waals surface area contributed by atoms with Crippen molar-refractivity contribution in [1.29, 1.82) is 5.26 Å². The summed E-state index contributed by atoms with van der Waals surface area (Å²) in [6, 6.07) is 12.2. The topological polar surface area (TPSA) is 105 Å². The van der Waals surface area contributed by atoms with Crippen LogP contribution in [0.1, 0.15) is 16.7 Å². The van der Waals surface area contributed by atoms with Crippen molar-refractivity contribution >= 4 is 39.6 Å². The standard InChI is InChI=1S/C17H13N5O2S2/c1-10-3-4-13(7-11(10)2)19-16-20-21-17(26-16)25-15-6-5-14(22(23)24)8-12(15)9-18/h3-8H,1-2H3,(H,19,20). The van der Waals surface area contributed by atoms with Crippen LogP contribution >= 0.6 is 23.1 Å². The van der Waals surface area contributed by atoms with E-state index in [1.807, 2.05) is 31.2 Å². The predicted octanol–water partition coefficient (Wildman–Crippen LogP) is 4.83. The van der Waals surface area contributed by atoms with Crippen molar-refractivity contribution in [3.63, 3.8) is 0 Å². The largest absolute Gasteiger partial charge is 0.330 e. The molecule has 0 saturated heterocycles. The number of hydrogen-bond acceptors (Lipinski definition) is 8. The molecule has 0 aliphatic carbocycles. The van der Waals surface area contributed by atoms with Crippen LogP contribution in [0.15, 0.2) is 45.6 Å². The number of non-ortho nitro benzene ring substituents is 1. The van der Waals surface area contributed by atoms with Crippen molar-refractivity contribution in [1.82, 2.24) is 10.2 Å². The Balaban J connectivity index is 1.77. The fraction of sp³-hybridized carbons (Fsp3) is 0.118. The zero-order valence-electron chi connectivity index (χ0n) is 13.9. The monoisotopic (exact) mass is 383 g/mol. The first kappa shape index (κ1) is 17.8. The summed E-state index contributed by atoms with van der Waals surface area (Å²) in [5, 5.41) is 32.1. The van der Waals surface area contributed by atoms with Crippen molar-refractivity contribution in [3.05, 3.63) is 63.2 Å². The number of anilines is 2. The summed E-state index contributed by atoms with van der Waals surface area (Å²) in [5.74, 6) is 0. The molecule has 0 saturated carbocycles. The molecule has 0 aliphatic heterocycles. The predicted molar refractivity (Wildman–Crippen MR) is 101 cm³/mol. The van der Waals surface area contributed by atoms with Crippen LogP contribution in [0.4, 0.5) is 16.5 Å². The first-order chi connectivity index (χ1) is 12.5. The molecule has 0 atom stereocenters. The molecule has 1 N–H and O–H groups in total. The fourth-order valence-corrected chi connectivity index (χ4v) is 3.94. The zero-order chi connectivity index (χ0) is 18.7. The highest BCUT2D eigenvalue weighted by Crippen LogP contribution is 2.35. The summed E-state index contributed by atoms with van der Waals surface area (Å²) in [6.07, 6.45) is 0. The molecule has 0 bridgehead atoms. The number of rotatable bonds is 5. The van der Waals surface area contributed by atoms with Gasteiger partial charge in [0.1, 0.15) is 6.07 Å². The van der Waals surface area contributed by atoms with E-state index in [1.54, 1.807) is 6.07 Å². The molecule has 0 unspecified atom stereocenters. The lowest BCUT2D eigenvalue weighted by Gasteiger charge is -2.05. The SMILES string of the molecule is Cc1ccc(Nc2nnc(Sc3ccc([N+](=O)[O-])cc3C#N)s2)cc1C. The van der Waals surface area contributed by atoms with Crippen molar-refractivity contribution < 1.29 is 4.92 Å². The number of nitrogens with one attached hydrogen (secondary N) is 1. The van der Waals surface area contributed by atoms with Crippen LogP contribution in [-0.4, -0.2) is 15.1 Å². The van der Waals surface area contributed by atoms with Gasteiger partial charge in [0.25, 0.3) is 5.69 Å². The van der Waals surface area contributed by atoms with E-state index in [-0.39, 0.29) is 11.3 Å². The molecule has 0 spiro atoms. The van der Waals surface area contributed by atoms with E-state index in [9.17, 15) is 15.4 Å². The Labute approximate surface area is 157 Å². The van der Waals surface area contributed by atoms with Gasteiger partial charge in [0, 0.05) is 22.7 Å². The van der Waals surface area contributed by atoms with Gasteiger partial charge in [0.2, 0.25) is 5.13 Å². The molecule has 2 aromatic carbocycles. The molecular weight excluding hydrogens is 370 g/mol. The van der Waals surface area contributed by atoms with E-state index in [2.05, 4.69) is 22.4 Å². The smallest absolute Gasteiger partial charge is 0.270 e. The van der Waals surface area contributed by atoms with Gasteiger partial charge in [-0.2, -0.15) is 5.26 Å².